The van der Waals surface area contributed by atoms with Gasteiger partial charge in [-0.15, -0.1) is 0 Å². The van der Waals surface area contributed by atoms with E-state index < -0.39 is 0 Å². The van der Waals surface area contributed by atoms with Crippen LogP contribution in [0.15, 0.2) is 95.9 Å². The van der Waals surface area contributed by atoms with E-state index in [1.807, 2.05) is 18.9 Å². The fourth-order valence-corrected chi connectivity index (χ4v) is 5.37. The number of nitrogens with one attached hydrogen (secondary N) is 1. The topological polar surface area (TPSA) is 24.5 Å². The Balaban J connectivity index is 1.52. The molecule has 4 heteroatoms. The smallest absolute Gasteiger partial charge is 0.130 e. The number of likely N-dealkylation sites (tertiary alicyclic amines) is 1. The standard InChI is InChI=1S/C26H30N2OS/c1-29-25(30-24-15-9-4-10-16-24)26(27-23-13-7-3-8-14-23)17-19-28(20-18-26)21-22-11-5-2-6-12-22/h2-16,25,27H,17-21H2,1H3. The maximum atomic E-state index is 6.10. The summed E-state index contributed by atoms with van der Waals surface area (Å²) in [6.07, 6.45) is 2.07. The molecule has 0 spiro atoms. The minimum atomic E-state index is -0.121. The van der Waals surface area contributed by atoms with Crippen molar-refractivity contribution < 1.29 is 4.74 Å². The molecule has 1 fully saturated rings. The summed E-state index contributed by atoms with van der Waals surface area (Å²) in [4.78, 5) is 3.80. The number of ether oxygens (including phenoxy) is 1. The van der Waals surface area contributed by atoms with Gasteiger partial charge in [0.15, 0.2) is 0 Å². The summed E-state index contributed by atoms with van der Waals surface area (Å²) in [6, 6.07) is 31.9. The first-order valence-electron chi connectivity index (χ1n) is 10.6. The molecule has 3 aromatic rings. The number of rotatable bonds is 8. The van der Waals surface area contributed by atoms with Crippen LogP contribution in [0.5, 0.6) is 0 Å². The Kier molecular flexibility index (Phi) is 7.11. The van der Waals surface area contributed by atoms with Crippen molar-refractivity contribution in [2.75, 3.05) is 25.5 Å². The van der Waals surface area contributed by atoms with Gasteiger partial charge in [0, 0.05) is 37.3 Å². The molecular weight excluding hydrogens is 388 g/mol. The van der Waals surface area contributed by atoms with E-state index in [0.717, 1.165) is 38.2 Å². The number of hydrogen-bond acceptors (Lipinski definition) is 4. The molecule has 1 N–H and O–H groups in total. The average Bonchev–Trinajstić information content (AvgIpc) is 2.81. The lowest BCUT2D eigenvalue weighted by molar-refractivity contribution is 0.0649. The van der Waals surface area contributed by atoms with E-state index in [1.54, 1.807) is 0 Å². The minimum absolute atomic E-state index is 0.0268. The Morgan fingerprint density at radius 1 is 0.867 bits per heavy atom. The molecule has 0 saturated carbocycles. The fourth-order valence-electron chi connectivity index (χ4n) is 4.19. The molecule has 1 unspecified atom stereocenters. The summed E-state index contributed by atoms with van der Waals surface area (Å²) < 4.78 is 6.10. The van der Waals surface area contributed by atoms with Gasteiger partial charge in [-0.25, -0.2) is 0 Å². The van der Waals surface area contributed by atoms with Gasteiger partial charge < -0.3 is 10.1 Å². The van der Waals surface area contributed by atoms with Gasteiger partial charge in [-0.3, -0.25) is 4.90 Å². The van der Waals surface area contributed by atoms with Gasteiger partial charge in [0.1, 0.15) is 5.44 Å². The summed E-state index contributed by atoms with van der Waals surface area (Å²) in [5.41, 5.74) is 2.44. The Hall–Kier alpha value is -2.27. The van der Waals surface area contributed by atoms with Crippen molar-refractivity contribution in [2.45, 2.75) is 35.3 Å². The van der Waals surface area contributed by atoms with Crippen molar-refractivity contribution in [3.05, 3.63) is 96.6 Å². The molecule has 0 amide bonds. The Bertz CT molecular complexity index is 881. The number of para-hydroxylation sites is 1. The van der Waals surface area contributed by atoms with Gasteiger partial charge in [-0.2, -0.15) is 0 Å². The molecule has 0 aromatic heterocycles. The monoisotopic (exact) mass is 418 g/mol. The summed E-state index contributed by atoms with van der Waals surface area (Å²) in [5.74, 6) is 0. The van der Waals surface area contributed by atoms with Crippen molar-refractivity contribution in [3.8, 4) is 0 Å². The van der Waals surface area contributed by atoms with Crippen LogP contribution in [0.3, 0.4) is 0 Å². The number of hydrogen-bond donors (Lipinski definition) is 1. The zero-order valence-electron chi connectivity index (χ0n) is 17.5. The van der Waals surface area contributed by atoms with Crippen LogP contribution in [0, 0.1) is 0 Å². The van der Waals surface area contributed by atoms with Crippen molar-refractivity contribution in [1.29, 1.82) is 0 Å². The van der Waals surface area contributed by atoms with Crippen LogP contribution in [0.4, 0.5) is 5.69 Å². The maximum absolute atomic E-state index is 6.10. The first-order chi connectivity index (χ1) is 14.8. The molecule has 30 heavy (non-hydrogen) atoms. The van der Waals surface area contributed by atoms with E-state index >= 15 is 0 Å². The van der Waals surface area contributed by atoms with Crippen LogP contribution in [-0.2, 0) is 11.3 Å². The number of anilines is 1. The number of methoxy groups -OCH3 is 1. The molecule has 1 heterocycles. The second-order valence-electron chi connectivity index (χ2n) is 7.91. The van der Waals surface area contributed by atoms with Gasteiger partial charge in [0.2, 0.25) is 0 Å². The van der Waals surface area contributed by atoms with Crippen LogP contribution >= 0.6 is 11.8 Å². The van der Waals surface area contributed by atoms with Crippen molar-refractivity contribution >= 4 is 17.4 Å². The zero-order valence-corrected chi connectivity index (χ0v) is 18.4. The molecule has 1 aliphatic heterocycles. The van der Waals surface area contributed by atoms with Crippen LogP contribution in [0.1, 0.15) is 18.4 Å². The van der Waals surface area contributed by atoms with Crippen LogP contribution in [0.2, 0.25) is 0 Å². The summed E-state index contributed by atoms with van der Waals surface area (Å²) >= 11 is 1.82. The number of thioether (sulfide) groups is 1. The number of benzene rings is 3. The average molecular weight is 419 g/mol. The summed E-state index contributed by atoms with van der Waals surface area (Å²) in [6.45, 7) is 3.10. The van der Waals surface area contributed by atoms with Gasteiger partial charge in [0.25, 0.3) is 0 Å². The predicted octanol–water partition coefficient (Wildman–Crippen LogP) is 5.90. The van der Waals surface area contributed by atoms with Crippen LogP contribution in [-0.4, -0.2) is 36.1 Å². The highest BCUT2D eigenvalue weighted by Gasteiger charge is 2.42. The molecule has 1 atom stereocenters. The third-order valence-electron chi connectivity index (χ3n) is 5.82. The number of nitrogens with zero attached hydrogens (tertiary/aromatic N) is 1. The van der Waals surface area contributed by atoms with E-state index in [1.165, 1.54) is 10.5 Å². The van der Waals surface area contributed by atoms with Crippen molar-refractivity contribution in [3.63, 3.8) is 0 Å². The molecule has 1 saturated heterocycles. The second-order valence-corrected chi connectivity index (χ2v) is 9.04. The van der Waals surface area contributed by atoms with E-state index in [2.05, 4.69) is 101 Å². The SMILES string of the molecule is COC(Sc1ccccc1)C1(Nc2ccccc2)CCN(Cc2ccccc2)CC1. The Morgan fingerprint density at radius 3 is 2.03 bits per heavy atom. The normalized spacial score (nSPS) is 17.4. The number of piperidine rings is 1. The molecule has 0 radical (unpaired) electrons. The lowest BCUT2D eigenvalue weighted by atomic mass is 9.87. The van der Waals surface area contributed by atoms with Crippen molar-refractivity contribution in [1.82, 2.24) is 4.90 Å². The summed E-state index contributed by atoms with van der Waals surface area (Å²) in [5, 5.41) is 3.88. The molecule has 1 aliphatic rings. The van der Waals surface area contributed by atoms with E-state index in [9.17, 15) is 0 Å². The molecule has 3 nitrogen and oxygen atoms in total. The highest BCUT2D eigenvalue weighted by molar-refractivity contribution is 7.99. The highest BCUT2D eigenvalue weighted by atomic mass is 32.2. The zero-order chi connectivity index (χ0) is 20.7. The fraction of sp³-hybridized carbons (Fsp3) is 0.308. The van der Waals surface area contributed by atoms with Gasteiger partial charge >= 0.3 is 0 Å². The predicted molar refractivity (Wildman–Crippen MR) is 127 cm³/mol. The quantitative estimate of drug-likeness (QED) is 0.364. The van der Waals surface area contributed by atoms with Crippen molar-refractivity contribution in [2.24, 2.45) is 0 Å². The van der Waals surface area contributed by atoms with Crippen LogP contribution in [0.25, 0.3) is 0 Å². The minimum Gasteiger partial charge on any atom is -0.376 e. The van der Waals surface area contributed by atoms with Gasteiger partial charge in [-0.05, 0) is 42.7 Å². The van der Waals surface area contributed by atoms with E-state index in [0.29, 0.717) is 0 Å². The highest BCUT2D eigenvalue weighted by Crippen LogP contribution is 2.40. The molecule has 0 bridgehead atoms. The van der Waals surface area contributed by atoms with E-state index in [4.69, 9.17) is 4.74 Å². The van der Waals surface area contributed by atoms with Gasteiger partial charge in [0.05, 0.1) is 5.54 Å². The lowest BCUT2D eigenvalue weighted by Gasteiger charge is -2.46. The molecular formula is C26H30N2OS. The Labute approximate surface area is 184 Å². The largest absolute Gasteiger partial charge is 0.376 e. The molecule has 156 valence electrons. The first-order valence-corrected chi connectivity index (χ1v) is 11.5. The first kappa shape index (κ1) is 21.0. The van der Waals surface area contributed by atoms with E-state index in [-0.39, 0.29) is 11.0 Å². The van der Waals surface area contributed by atoms with Crippen LogP contribution < -0.4 is 5.32 Å². The lowest BCUT2D eigenvalue weighted by Crippen LogP contribution is -2.55. The third kappa shape index (κ3) is 5.25. The Morgan fingerprint density at radius 2 is 1.43 bits per heavy atom. The second kappa shape index (κ2) is 10.2. The van der Waals surface area contributed by atoms with Gasteiger partial charge in [-0.1, -0.05) is 78.5 Å². The maximum Gasteiger partial charge on any atom is 0.130 e. The molecule has 3 aromatic carbocycles. The third-order valence-corrected chi connectivity index (χ3v) is 7.22. The summed E-state index contributed by atoms with van der Waals surface area (Å²) in [7, 11) is 1.84. The molecule has 0 aliphatic carbocycles. The molecule has 4 rings (SSSR count).